The van der Waals surface area contributed by atoms with Gasteiger partial charge in [0.2, 0.25) is 5.91 Å². The van der Waals surface area contributed by atoms with Gasteiger partial charge in [-0.2, -0.15) is 0 Å². The number of aliphatic hydroxyl groups is 8. The van der Waals surface area contributed by atoms with Crippen LogP contribution in [0, 0.1) is 0 Å². The first kappa shape index (κ1) is 62.3. The van der Waals surface area contributed by atoms with Gasteiger partial charge in [-0.05, 0) is 51.4 Å². The topological polar surface area (TPSA) is 228 Å². The minimum Gasteiger partial charge on any atom is -0.394 e. The first-order valence-electron chi connectivity index (χ1n) is 27.2. The van der Waals surface area contributed by atoms with Gasteiger partial charge in [0.25, 0.3) is 0 Å². The molecule has 398 valence electrons. The predicted octanol–water partition coefficient (Wildman–Crippen LogP) is 7.88. The average Bonchev–Trinajstić information content (AvgIpc) is 3.34. The molecular formula is C54H99NO13. The third kappa shape index (κ3) is 27.1. The SMILES string of the molecule is CCC/C=C/CC/C=C/C(O)C(COC1OC(CO)C(OC2OC(CO)C(O)C(O)C2O)C(O)C1O)NC(=O)CCCCCCCCCCCCCCCCC/C=C\CCCCCCCCCC. The molecule has 68 heavy (non-hydrogen) atoms. The Kier molecular flexibility index (Phi) is 37.4. The molecule has 2 heterocycles. The molecule has 0 aromatic carbocycles. The zero-order chi connectivity index (χ0) is 49.6. The van der Waals surface area contributed by atoms with Gasteiger partial charge in [0.05, 0.1) is 32.0 Å². The molecule has 2 aliphatic heterocycles. The number of ether oxygens (including phenoxy) is 4. The molecular weight excluding hydrogens is 871 g/mol. The molecule has 14 heteroatoms. The van der Waals surface area contributed by atoms with Crippen molar-refractivity contribution in [2.75, 3.05) is 19.8 Å². The third-order valence-electron chi connectivity index (χ3n) is 13.3. The van der Waals surface area contributed by atoms with Gasteiger partial charge in [-0.25, -0.2) is 0 Å². The van der Waals surface area contributed by atoms with Gasteiger partial charge in [0.1, 0.15) is 48.8 Å². The van der Waals surface area contributed by atoms with E-state index in [2.05, 4.69) is 43.5 Å². The molecule has 2 aliphatic rings. The second-order valence-electron chi connectivity index (χ2n) is 19.3. The van der Waals surface area contributed by atoms with Crippen LogP contribution >= 0.6 is 0 Å². The van der Waals surface area contributed by atoms with Gasteiger partial charge in [-0.1, -0.05) is 185 Å². The quantitative estimate of drug-likeness (QED) is 0.0210. The molecule has 14 nitrogen and oxygen atoms in total. The highest BCUT2D eigenvalue weighted by Gasteiger charge is 2.51. The van der Waals surface area contributed by atoms with Gasteiger partial charge >= 0.3 is 0 Å². The number of unbranched alkanes of at least 4 members (excludes halogenated alkanes) is 25. The number of carbonyl (C=O) groups excluding carboxylic acids is 1. The molecule has 12 unspecified atom stereocenters. The summed E-state index contributed by atoms with van der Waals surface area (Å²) in [4.78, 5) is 13.1. The molecule has 0 bridgehead atoms. The Labute approximate surface area is 411 Å². The van der Waals surface area contributed by atoms with Crippen molar-refractivity contribution in [3.63, 3.8) is 0 Å². The van der Waals surface area contributed by atoms with Crippen LogP contribution in [0.15, 0.2) is 36.5 Å². The number of aliphatic hydroxyl groups excluding tert-OH is 8. The number of carbonyl (C=O) groups is 1. The third-order valence-corrected chi connectivity index (χ3v) is 13.3. The van der Waals surface area contributed by atoms with E-state index in [1.165, 1.54) is 135 Å². The zero-order valence-corrected chi connectivity index (χ0v) is 42.3. The molecule has 12 atom stereocenters. The lowest BCUT2D eigenvalue weighted by molar-refractivity contribution is -0.359. The van der Waals surface area contributed by atoms with E-state index in [0.717, 1.165) is 38.5 Å². The number of amides is 1. The summed E-state index contributed by atoms with van der Waals surface area (Å²) in [5.74, 6) is -0.253. The second-order valence-corrected chi connectivity index (χ2v) is 19.3. The van der Waals surface area contributed by atoms with E-state index < -0.39 is 86.8 Å². The minimum absolute atomic E-state index is 0.253. The monoisotopic (exact) mass is 970 g/mol. The van der Waals surface area contributed by atoms with Gasteiger partial charge in [-0.15, -0.1) is 0 Å². The van der Waals surface area contributed by atoms with E-state index >= 15 is 0 Å². The summed E-state index contributed by atoms with van der Waals surface area (Å²) in [5, 5.41) is 86.4. The first-order valence-corrected chi connectivity index (χ1v) is 27.2. The molecule has 0 saturated carbocycles. The van der Waals surface area contributed by atoms with Crippen molar-refractivity contribution in [3.05, 3.63) is 36.5 Å². The van der Waals surface area contributed by atoms with Crippen LogP contribution in [0.25, 0.3) is 0 Å². The molecule has 2 rings (SSSR count). The van der Waals surface area contributed by atoms with Crippen molar-refractivity contribution < 1.29 is 64.6 Å². The highest BCUT2D eigenvalue weighted by atomic mass is 16.7. The zero-order valence-electron chi connectivity index (χ0n) is 42.3. The maximum Gasteiger partial charge on any atom is 0.220 e. The summed E-state index contributed by atoms with van der Waals surface area (Å²) >= 11 is 0. The molecule has 2 fully saturated rings. The van der Waals surface area contributed by atoms with Gasteiger partial charge < -0.3 is 65.1 Å². The smallest absolute Gasteiger partial charge is 0.220 e. The summed E-state index contributed by atoms with van der Waals surface area (Å²) in [6.07, 6.45) is 31.1. The predicted molar refractivity (Wildman–Crippen MR) is 268 cm³/mol. The highest BCUT2D eigenvalue weighted by molar-refractivity contribution is 5.76. The average molecular weight is 970 g/mol. The Bertz CT molecular complexity index is 1280. The van der Waals surface area contributed by atoms with Crippen molar-refractivity contribution >= 4 is 5.91 Å². The fourth-order valence-corrected chi connectivity index (χ4v) is 8.84. The van der Waals surface area contributed by atoms with E-state index in [4.69, 9.17) is 18.9 Å². The molecule has 1 amide bonds. The first-order chi connectivity index (χ1) is 33.1. The van der Waals surface area contributed by atoms with Crippen LogP contribution in [-0.2, 0) is 23.7 Å². The number of nitrogens with one attached hydrogen (secondary N) is 1. The molecule has 0 aromatic rings. The maximum atomic E-state index is 13.1. The molecule has 0 aliphatic carbocycles. The van der Waals surface area contributed by atoms with E-state index in [-0.39, 0.29) is 18.9 Å². The van der Waals surface area contributed by atoms with Crippen LogP contribution in [0.5, 0.6) is 0 Å². The number of hydrogen-bond donors (Lipinski definition) is 9. The van der Waals surface area contributed by atoms with Gasteiger partial charge in [0, 0.05) is 6.42 Å². The van der Waals surface area contributed by atoms with Crippen molar-refractivity contribution in [3.8, 4) is 0 Å². The van der Waals surface area contributed by atoms with Gasteiger partial charge in [0.15, 0.2) is 12.6 Å². The van der Waals surface area contributed by atoms with Crippen LogP contribution in [0.3, 0.4) is 0 Å². The Morgan fingerprint density at radius 1 is 0.515 bits per heavy atom. The molecule has 0 spiro atoms. The lowest BCUT2D eigenvalue weighted by Gasteiger charge is -2.46. The molecule has 0 radical (unpaired) electrons. The summed E-state index contributed by atoms with van der Waals surface area (Å²) in [7, 11) is 0. The van der Waals surface area contributed by atoms with Crippen LogP contribution in [0.4, 0.5) is 0 Å². The Morgan fingerprint density at radius 3 is 1.50 bits per heavy atom. The van der Waals surface area contributed by atoms with Crippen LogP contribution in [-0.4, -0.2) is 140 Å². The lowest BCUT2D eigenvalue weighted by Crippen LogP contribution is -2.65. The normalized spacial score (nSPS) is 26.6. The Hall–Kier alpha value is -1.79. The second kappa shape index (κ2) is 40.8. The maximum absolute atomic E-state index is 13.1. The highest BCUT2D eigenvalue weighted by Crippen LogP contribution is 2.30. The van der Waals surface area contributed by atoms with Crippen molar-refractivity contribution in [1.82, 2.24) is 5.32 Å². The van der Waals surface area contributed by atoms with E-state index in [1.807, 2.05) is 6.08 Å². The van der Waals surface area contributed by atoms with Crippen LogP contribution in [0.2, 0.25) is 0 Å². The fourth-order valence-electron chi connectivity index (χ4n) is 8.84. The summed E-state index contributed by atoms with van der Waals surface area (Å²) < 4.78 is 22.6. The number of hydrogen-bond acceptors (Lipinski definition) is 13. The van der Waals surface area contributed by atoms with E-state index in [0.29, 0.717) is 12.8 Å². The van der Waals surface area contributed by atoms with Crippen LogP contribution in [0.1, 0.15) is 206 Å². The lowest BCUT2D eigenvalue weighted by atomic mass is 9.97. The molecule has 2 saturated heterocycles. The largest absolute Gasteiger partial charge is 0.394 e. The van der Waals surface area contributed by atoms with Crippen molar-refractivity contribution in [2.45, 2.75) is 280 Å². The fraction of sp³-hybridized carbons (Fsp3) is 0.870. The van der Waals surface area contributed by atoms with Crippen LogP contribution < -0.4 is 5.32 Å². The molecule has 9 N–H and O–H groups in total. The summed E-state index contributed by atoms with van der Waals surface area (Å²) in [5.41, 5.74) is 0. The van der Waals surface area contributed by atoms with Crippen molar-refractivity contribution in [2.24, 2.45) is 0 Å². The van der Waals surface area contributed by atoms with E-state index in [1.54, 1.807) is 6.08 Å². The number of allylic oxidation sites excluding steroid dienone is 5. The number of rotatable bonds is 42. The van der Waals surface area contributed by atoms with Crippen molar-refractivity contribution in [1.29, 1.82) is 0 Å². The Balaban J connectivity index is 1.65. The minimum atomic E-state index is -1.79. The summed E-state index contributed by atoms with van der Waals surface area (Å²) in [6.45, 7) is 2.65. The van der Waals surface area contributed by atoms with Gasteiger partial charge in [-0.3, -0.25) is 4.79 Å². The van der Waals surface area contributed by atoms with E-state index in [9.17, 15) is 45.6 Å². The summed E-state index contributed by atoms with van der Waals surface area (Å²) in [6, 6.07) is -0.926. The Morgan fingerprint density at radius 2 is 0.971 bits per heavy atom. The standard InChI is InChI=1S/C54H99NO13/c1-3-5-7-9-11-12-13-14-15-16-17-18-19-20-21-22-23-24-25-26-27-28-29-30-32-34-36-38-46(59)55-42(43(58)37-35-33-31-10-8-6-4-2)41-65-53-51(64)49(62)52(45(40-57)67-53)68-54-50(63)48(61)47(60)44(39-56)66-54/h8,10,16-17,35,37,42-45,47-54,56-58,60-64H,3-7,9,11-15,18-34,36,38-41H2,1-2H3,(H,55,59)/b10-8+,17-16-,37-35+. The molecule has 0 aromatic heterocycles.